The second-order valence-electron chi connectivity index (χ2n) is 10.1. The highest BCUT2D eigenvalue weighted by Crippen LogP contribution is 2.27. The van der Waals surface area contributed by atoms with Gasteiger partial charge in [-0.15, -0.1) is 0 Å². The highest BCUT2D eigenvalue weighted by molar-refractivity contribution is 7.89. The number of rotatable bonds is 9. The largest absolute Gasteiger partial charge is 0.489 e. The Bertz CT molecular complexity index is 1390. The molecule has 5 rings (SSSR count). The molecule has 0 radical (unpaired) electrons. The fourth-order valence-electron chi connectivity index (χ4n) is 5.25. The molecule has 1 N–H and O–H groups in total. The zero-order valence-corrected chi connectivity index (χ0v) is 22.7. The number of carbonyl (C=O) groups is 1. The zero-order chi connectivity index (χ0) is 27.2. The molecular weight excluding hydrogens is 517 g/mol. The summed E-state index contributed by atoms with van der Waals surface area (Å²) in [5.74, 6) is -0.160. The van der Waals surface area contributed by atoms with E-state index < -0.39 is 21.9 Å². The first-order chi connectivity index (χ1) is 18.9. The van der Waals surface area contributed by atoms with Crippen molar-refractivity contribution in [2.24, 2.45) is 0 Å². The Kier molecular flexibility index (Phi) is 8.47. The van der Waals surface area contributed by atoms with Crippen LogP contribution in [0.1, 0.15) is 43.2 Å². The van der Waals surface area contributed by atoms with Crippen molar-refractivity contribution in [1.29, 1.82) is 0 Å². The van der Waals surface area contributed by atoms with Gasteiger partial charge >= 0.3 is 0 Å². The molecule has 39 heavy (non-hydrogen) atoms. The average molecular weight is 552 g/mol. The van der Waals surface area contributed by atoms with Crippen LogP contribution < -0.4 is 15.0 Å². The van der Waals surface area contributed by atoms with Gasteiger partial charge in [0, 0.05) is 31.9 Å². The molecule has 2 saturated heterocycles. The van der Waals surface area contributed by atoms with Crippen LogP contribution in [0.15, 0.2) is 77.7 Å². The number of hydrogen-bond donors (Lipinski definition) is 1. The van der Waals surface area contributed by atoms with Crippen LogP contribution in [0.5, 0.6) is 5.75 Å². The number of sulfonamides is 1. The molecule has 206 valence electrons. The molecule has 2 heterocycles. The van der Waals surface area contributed by atoms with Crippen molar-refractivity contribution >= 4 is 21.6 Å². The monoisotopic (exact) mass is 551 g/mol. The van der Waals surface area contributed by atoms with E-state index in [-0.39, 0.29) is 23.9 Å². The molecule has 0 aromatic heterocycles. The van der Waals surface area contributed by atoms with Gasteiger partial charge in [-0.2, -0.15) is 4.31 Å². The molecular formula is C30H34FN3O4S. The summed E-state index contributed by atoms with van der Waals surface area (Å²) in [4.78, 5) is 15.4. The Morgan fingerprint density at radius 3 is 2.44 bits per heavy atom. The molecule has 0 aliphatic carbocycles. The van der Waals surface area contributed by atoms with E-state index in [2.05, 4.69) is 34.5 Å². The highest BCUT2D eigenvalue weighted by Gasteiger charge is 2.39. The third kappa shape index (κ3) is 6.59. The van der Waals surface area contributed by atoms with Crippen molar-refractivity contribution < 1.29 is 22.3 Å². The number of halogens is 1. The molecule has 0 spiro atoms. The lowest BCUT2D eigenvalue weighted by molar-refractivity contribution is -0.124. The predicted octanol–water partition coefficient (Wildman–Crippen LogP) is 4.86. The number of hydrogen-bond acceptors (Lipinski definition) is 5. The maximum absolute atomic E-state index is 13.3. The molecule has 3 aromatic carbocycles. The van der Waals surface area contributed by atoms with Gasteiger partial charge in [-0.3, -0.25) is 4.79 Å². The smallest absolute Gasteiger partial charge is 0.243 e. The van der Waals surface area contributed by atoms with E-state index in [0.29, 0.717) is 25.2 Å². The minimum Gasteiger partial charge on any atom is -0.489 e. The molecule has 0 unspecified atom stereocenters. The van der Waals surface area contributed by atoms with Gasteiger partial charge in [-0.25, -0.2) is 12.8 Å². The number of carbonyl (C=O) groups excluding carboxylic acids is 1. The summed E-state index contributed by atoms with van der Waals surface area (Å²) in [6.07, 6.45) is 4.77. The van der Waals surface area contributed by atoms with E-state index in [1.54, 1.807) is 0 Å². The van der Waals surface area contributed by atoms with Crippen molar-refractivity contribution in [2.45, 2.75) is 56.2 Å². The molecule has 1 atom stereocenters. The Balaban J connectivity index is 1.17. The summed E-state index contributed by atoms with van der Waals surface area (Å²) in [6, 6.07) is 19.9. The summed E-state index contributed by atoms with van der Waals surface area (Å²) in [6.45, 7) is 3.13. The molecule has 1 amide bonds. The van der Waals surface area contributed by atoms with Gasteiger partial charge in [0.2, 0.25) is 15.9 Å². The maximum atomic E-state index is 13.3. The minimum atomic E-state index is -3.90. The first-order valence-corrected chi connectivity index (χ1v) is 14.9. The molecule has 3 aromatic rings. The van der Waals surface area contributed by atoms with Gasteiger partial charge in [-0.1, -0.05) is 24.3 Å². The lowest BCUT2D eigenvalue weighted by Gasteiger charge is -2.29. The van der Waals surface area contributed by atoms with Crippen molar-refractivity contribution in [1.82, 2.24) is 9.62 Å². The number of ether oxygens (including phenoxy) is 1. The lowest BCUT2D eigenvalue weighted by Crippen LogP contribution is -2.45. The first-order valence-electron chi connectivity index (χ1n) is 13.5. The molecule has 2 aliphatic heterocycles. The van der Waals surface area contributed by atoms with Gasteiger partial charge in [0.25, 0.3) is 0 Å². The summed E-state index contributed by atoms with van der Waals surface area (Å²) in [5.41, 5.74) is 3.18. The summed E-state index contributed by atoms with van der Waals surface area (Å²) in [7, 11) is -3.90. The molecule has 0 bridgehead atoms. The SMILES string of the molecule is O=C(NCc1cccc(OCc2cccc(N3CCCCC3)c2)c1)[C@@H]1CCCN1S(=O)(=O)c1ccc(F)cc1. The number of piperidine rings is 1. The number of amides is 1. The Labute approximate surface area is 229 Å². The van der Waals surface area contributed by atoms with Crippen LogP contribution in [-0.4, -0.2) is 44.3 Å². The van der Waals surface area contributed by atoms with E-state index in [4.69, 9.17) is 4.74 Å². The molecule has 7 nitrogen and oxygen atoms in total. The standard InChI is InChI=1S/C30H34FN3O4S/c31-25-12-14-28(15-13-25)39(36,37)34-18-6-11-29(34)30(35)32-21-23-7-5-10-27(20-23)38-22-24-8-4-9-26(19-24)33-16-2-1-3-17-33/h4-5,7-10,12-15,19-20,29H,1-3,6,11,16-18,21-22H2,(H,32,35)/t29-/m0/s1. The fourth-order valence-corrected chi connectivity index (χ4v) is 6.90. The predicted molar refractivity (Wildman–Crippen MR) is 148 cm³/mol. The van der Waals surface area contributed by atoms with Gasteiger partial charge in [0.1, 0.15) is 24.2 Å². The van der Waals surface area contributed by atoms with Gasteiger partial charge in [-0.05, 0) is 91.8 Å². The second kappa shape index (κ2) is 12.2. The maximum Gasteiger partial charge on any atom is 0.243 e. The van der Waals surface area contributed by atoms with E-state index in [1.165, 1.54) is 41.4 Å². The number of benzene rings is 3. The molecule has 0 saturated carbocycles. The summed E-state index contributed by atoms with van der Waals surface area (Å²) in [5, 5.41) is 2.88. The van der Waals surface area contributed by atoms with Crippen molar-refractivity contribution in [3.05, 3.63) is 89.7 Å². The fraction of sp³-hybridized carbons (Fsp3) is 0.367. The van der Waals surface area contributed by atoms with Crippen molar-refractivity contribution in [3.8, 4) is 5.75 Å². The Hall–Kier alpha value is -3.43. The minimum absolute atomic E-state index is 0.0186. The molecule has 9 heteroatoms. The van der Waals surface area contributed by atoms with Crippen LogP contribution in [-0.2, 0) is 28.0 Å². The summed E-state index contributed by atoms with van der Waals surface area (Å²) < 4.78 is 46.7. The van der Waals surface area contributed by atoms with Crippen molar-refractivity contribution in [2.75, 3.05) is 24.5 Å². The second-order valence-corrected chi connectivity index (χ2v) is 12.0. The number of nitrogens with one attached hydrogen (secondary N) is 1. The van der Waals surface area contributed by atoms with Crippen LogP contribution in [0, 0.1) is 5.82 Å². The zero-order valence-electron chi connectivity index (χ0n) is 21.9. The first kappa shape index (κ1) is 27.1. The van der Waals surface area contributed by atoms with Crippen LogP contribution in [0.25, 0.3) is 0 Å². The molecule has 2 aliphatic rings. The van der Waals surface area contributed by atoms with Crippen LogP contribution >= 0.6 is 0 Å². The quantitative estimate of drug-likeness (QED) is 0.411. The normalized spacial score (nSPS) is 18.2. The third-order valence-electron chi connectivity index (χ3n) is 7.33. The highest BCUT2D eigenvalue weighted by atomic mass is 32.2. The van der Waals surface area contributed by atoms with Crippen LogP contribution in [0.4, 0.5) is 10.1 Å². The van der Waals surface area contributed by atoms with E-state index >= 15 is 0 Å². The number of nitrogens with zero attached hydrogens (tertiary/aromatic N) is 2. The van der Waals surface area contributed by atoms with Crippen molar-refractivity contribution in [3.63, 3.8) is 0 Å². The number of anilines is 1. The Morgan fingerprint density at radius 2 is 1.64 bits per heavy atom. The summed E-state index contributed by atoms with van der Waals surface area (Å²) >= 11 is 0. The molecule has 2 fully saturated rings. The topological polar surface area (TPSA) is 79.0 Å². The average Bonchev–Trinajstić information content (AvgIpc) is 3.47. The third-order valence-corrected chi connectivity index (χ3v) is 9.25. The van der Waals surface area contributed by atoms with E-state index in [9.17, 15) is 17.6 Å². The van der Waals surface area contributed by atoms with E-state index in [1.807, 2.05) is 24.3 Å². The van der Waals surface area contributed by atoms with Gasteiger partial charge < -0.3 is 15.0 Å². The van der Waals surface area contributed by atoms with Crippen LogP contribution in [0.3, 0.4) is 0 Å². The van der Waals surface area contributed by atoms with Crippen LogP contribution in [0.2, 0.25) is 0 Å². The van der Waals surface area contributed by atoms with E-state index in [0.717, 1.165) is 36.3 Å². The Morgan fingerprint density at radius 1 is 0.897 bits per heavy atom. The lowest BCUT2D eigenvalue weighted by atomic mass is 10.1. The van der Waals surface area contributed by atoms with Gasteiger partial charge in [0.05, 0.1) is 4.90 Å². The van der Waals surface area contributed by atoms with Gasteiger partial charge in [0.15, 0.2) is 0 Å².